The molecule has 1 aliphatic heterocycles. The van der Waals surface area contributed by atoms with Crippen molar-refractivity contribution in [1.29, 1.82) is 0 Å². The molecule has 2 aromatic rings. The molecule has 0 unspecified atom stereocenters. The van der Waals surface area contributed by atoms with Gasteiger partial charge in [-0.1, -0.05) is 6.07 Å². The largest absolute Gasteiger partial charge is 0.399 e. The highest BCUT2D eigenvalue weighted by molar-refractivity contribution is 5.95. The van der Waals surface area contributed by atoms with Gasteiger partial charge in [0, 0.05) is 62.9 Å². The Labute approximate surface area is 143 Å². The van der Waals surface area contributed by atoms with E-state index in [1.54, 1.807) is 0 Å². The van der Waals surface area contributed by atoms with Crippen molar-refractivity contribution < 1.29 is 4.79 Å². The number of carbonyl (C=O) groups is 1. The maximum atomic E-state index is 12.7. The van der Waals surface area contributed by atoms with Gasteiger partial charge in [-0.15, -0.1) is 0 Å². The van der Waals surface area contributed by atoms with E-state index in [9.17, 15) is 4.79 Å². The SMILES string of the molecule is CN(C)c1cccc(C(=O)N2CCN(c3ccc(N)cc3)CC2)c1. The molecule has 3 rings (SSSR count). The van der Waals surface area contributed by atoms with Crippen LogP contribution in [0.15, 0.2) is 48.5 Å². The maximum Gasteiger partial charge on any atom is 0.254 e. The number of benzene rings is 2. The van der Waals surface area contributed by atoms with Gasteiger partial charge in [0.25, 0.3) is 5.91 Å². The quantitative estimate of drug-likeness (QED) is 0.880. The minimum Gasteiger partial charge on any atom is -0.399 e. The summed E-state index contributed by atoms with van der Waals surface area (Å²) >= 11 is 0. The van der Waals surface area contributed by atoms with Crippen molar-refractivity contribution in [3.8, 4) is 0 Å². The van der Waals surface area contributed by atoms with Gasteiger partial charge in [0.2, 0.25) is 0 Å². The molecule has 1 fully saturated rings. The molecule has 126 valence electrons. The van der Waals surface area contributed by atoms with Crippen LogP contribution in [0.2, 0.25) is 0 Å². The Morgan fingerprint density at radius 3 is 2.29 bits per heavy atom. The molecule has 0 aliphatic carbocycles. The van der Waals surface area contributed by atoms with Gasteiger partial charge in [-0.2, -0.15) is 0 Å². The van der Waals surface area contributed by atoms with Gasteiger partial charge in [-0.3, -0.25) is 4.79 Å². The number of hydrogen-bond donors (Lipinski definition) is 1. The predicted molar refractivity (Wildman–Crippen MR) is 99.7 cm³/mol. The number of piperazine rings is 1. The second-order valence-corrected chi connectivity index (χ2v) is 6.32. The fourth-order valence-electron chi connectivity index (χ4n) is 2.95. The lowest BCUT2D eigenvalue weighted by Gasteiger charge is -2.36. The fraction of sp³-hybridized carbons (Fsp3) is 0.316. The van der Waals surface area contributed by atoms with Crippen molar-refractivity contribution >= 4 is 23.0 Å². The number of nitrogen functional groups attached to an aromatic ring is 1. The summed E-state index contributed by atoms with van der Waals surface area (Å²) in [5.41, 5.74) is 9.47. The molecule has 0 spiro atoms. The first-order chi connectivity index (χ1) is 11.5. The van der Waals surface area contributed by atoms with Crippen molar-refractivity contribution in [3.63, 3.8) is 0 Å². The second-order valence-electron chi connectivity index (χ2n) is 6.32. The van der Waals surface area contributed by atoms with E-state index in [2.05, 4.69) is 4.90 Å². The molecular formula is C19H24N4O. The van der Waals surface area contributed by atoms with Gasteiger partial charge < -0.3 is 20.4 Å². The monoisotopic (exact) mass is 324 g/mol. The van der Waals surface area contributed by atoms with E-state index in [-0.39, 0.29) is 5.91 Å². The molecule has 2 aromatic carbocycles. The highest BCUT2D eigenvalue weighted by Crippen LogP contribution is 2.20. The highest BCUT2D eigenvalue weighted by atomic mass is 16.2. The van der Waals surface area contributed by atoms with Crippen LogP contribution in [0, 0.1) is 0 Å². The minimum atomic E-state index is 0.107. The van der Waals surface area contributed by atoms with Gasteiger partial charge in [0.1, 0.15) is 0 Å². The molecule has 2 N–H and O–H groups in total. The van der Waals surface area contributed by atoms with Crippen molar-refractivity contribution in [2.45, 2.75) is 0 Å². The zero-order valence-electron chi connectivity index (χ0n) is 14.3. The molecular weight excluding hydrogens is 300 g/mol. The Kier molecular flexibility index (Phi) is 4.60. The van der Waals surface area contributed by atoms with Gasteiger partial charge in [-0.25, -0.2) is 0 Å². The Balaban J connectivity index is 1.65. The van der Waals surface area contributed by atoms with Crippen molar-refractivity contribution in [2.75, 3.05) is 55.8 Å². The summed E-state index contributed by atoms with van der Waals surface area (Å²) in [6.45, 7) is 3.14. The van der Waals surface area contributed by atoms with E-state index < -0.39 is 0 Å². The van der Waals surface area contributed by atoms with Crippen LogP contribution in [0.5, 0.6) is 0 Å². The van der Waals surface area contributed by atoms with Gasteiger partial charge >= 0.3 is 0 Å². The number of nitrogens with zero attached hydrogens (tertiary/aromatic N) is 3. The van der Waals surface area contributed by atoms with E-state index in [4.69, 9.17) is 5.73 Å². The Morgan fingerprint density at radius 1 is 1.00 bits per heavy atom. The molecule has 1 saturated heterocycles. The normalized spacial score (nSPS) is 14.6. The first-order valence-corrected chi connectivity index (χ1v) is 8.22. The number of nitrogens with two attached hydrogens (primary N) is 1. The zero-order valence-corrected chi connectivity index (χ0v) is 14.3. The smallest absolute Gasteiger partial charge is 0.254 e. The number of carbonyl (C=O) groups excluding carboxylic acids is 1. The number of hydrogen-bond acceptors (Lipinski definition) is 4. The minimum absolute atomic E-state index is 0.107. The summed E-state index contributed by atoms with van der Waals surface area (Å²) in [6, 6.07) is 15.7. The lowest BCUT2D eigenvalue weighted by molar-refractivity contribution is 0.0747. The lowest BCUT2D eigenvalue weighted by Crippen LogP contribution is -2.48. The van der Waals surface area contributed by atoms with Gasteiger partial charge in [0.05, 0.1) is 0 Å². The van der Waals surface area contributed by atoms with Crippen LogP contribution in [0.25, 0.3) is 0 Å². The summed E-state index contributed by atoms with van der Waals surface area (Å²) in [6.07, 6.45) is 0. The molecule has 24 heavy (non-hydrogen) atoms. The molecule has 0 saturated carbocycles. The Hall–Kier alpha value is -2.69. The molecule has 1 aliphatic rings. The van der Waals surface area contributed by atoms with E-state index in [1.165, 1.54) is 0 Å². The molecule has 1 heterocycles. The second kappa shape index (κ2) is 6.83. The zero-order chi connectivity index (χ0) is 17.1. The maximum absolute atomic E-state index is 12.7. The Morgan fingerprint density at radius 2 is 1.67 bits per heavy atom. The van der Waals surface area contributed by atoms with Gasteiger partial charge in [-0.05, 0) is 42.5 Å². The summed E-state index contributed by atoms with van der Waals surface area (Å²) in [5, 5.41) is 0. The lowest BCUT2D eigenvalue weighted by atomic mass is 10.1. The topological polar surface area (TPSA) is 52.8 Å². The summed E-state index contributed by atoms with van der Waals surface area (Å²) < 4.78 is 0. The van der Waals surface area contributed by atoms with E-state index >= 15 is 0 Å². The summed E-state index contributed by atoms with van der Waals surface area (Å²) in [4.78, 5) is 19.0. The standard InChI is InChI=1S/C19H24N4O/c1-21(2)18-5-3-4-15(14-18)19(24)23-12-10-22(11-13-23)17-8-6-16(20)7-9-17/h3-9,14H,10-13,20H2,1-2H3. The van der Waals surface area contributed by atoms with Crippen molar-refractivity contribution in [1.82, 2.24) is 4.90 Å². The van der Waals surface area contributed by atoms with Crippen LogP contribution in [-0.4, -0.2) is 51.1 Å². The fourth-order valence-corrected chi connectivity index (χ4v) is 2.95. The van der Waals surface area contributed by atoms with Gasteiger partial charge in [0.15, 0.2) is 0 Å². The van der Waals surface area contributed by atoms with Crippen LogP contribution in [0.3, 0.4) is 0 Å². The molecule has 0 aromatic heterocycles. The van der Waals surface area contributed by atoms with Crippen LogP contribution in [-0.2, 0) is 0 Å². The number of rotatable bonds is 3. The molecule has 0 atom stereocenters. The molecule has 5 heteroatoms. The van der Waals surface area contributed by atoms with E-state index in [0.29, 0.717) is 0 Å². The van der Waals surface area contributed by atoms with Crippen molar-refractivity contribution in [3.05, 3.63) is 54.1 Å². The first kappa shape index (κ1) is 16.2. The third-order valence-corrected chi connectivity index (χ3v) is 4.43. The highest BCUT2D eigenvalue weighted by Gasteiger charge is 2.22. The average Bonchev–Trinajstić information content (AvgIpc) is 2.62. The number of amides is 1. The molecule has 1 amide bonds. The van der Waals surface area contributed by atoms with E-state index in [0.717, 1.165) is 48.8 Å². The van der Waals surface area contributed by atoms with Crippen LogP contribution in [0.4, 0.5) is 17.1 Å². The first-order valence-electron chi connectivity index (χ1n) is 8.22. The Bertz CT molecular complexity index is 704. The van der Waals surface area contributed by atoms with Crippen LogP contribution in [0.1, 0.15) is 10.4 Å². The van der Waals surface area contributed by atoms with Crippen LogP contribution < -0.4 is 15.5 Å². The molecule has 5 nitrogen and oxygen atoms in total. The summed E-state index contributed by atoms with van der Waals surface area (Å²) in [7, 11) is 3.96. The molecule has 0 bridgehead atoms. The summed E-state index contributed by atoms with van der Waals surface area (Å²) in [5.74, 6) is 0.107. The predicted octanol–water partition coefficient (Wildman–Crippen LogP) is 2.30. The third kappa shape index (κ3) is 3.45. The van der Waals surface area contributed by atoms with Crippen LogP contribution >= 0.6 is 0 Å². The average molecular weight is 324 g/mol. The van der Waals surface area contributed by atoms with Crippen molar-refractivity contribution in [2.24, 2.45) is 0 Å². The van der Waals surface area contributed by atoms with E-state index in [1.807, 2.05) is 72.4 Å². The molecule has 0 radical (unpaired) electrons. The number of anilines is 3. The third-order valence-electron chi connectivity index (χ3n) is 4.43.